The molecule has 1 aromatic carbocycles. The van der Waals surface area contributed by atoms with E-state index in [0.29, 0.717) is 22.4 Å². The van der Waals surface area contributed by atoms with Crippen molar-refractivity contribution in [2.24, 2.45) is 5.92 Å². The van der Waals surface area contributed by atoms with Crippen molar-refractivity contribution in [2.45, 2.75) is 33.2 Å². The lowest BCUT2D eigenvalue weighted by molar-refractivity contribution is 0.262. The number of aromatic nitrogens is 3. The van der Waals surface area contributed by atoms with Gasteiger partial charge < -0.3 is 5.32 Å². The third-order valence-electron chi connectivity index (χ3n) is 3.68. The molecule has 0 atom stereocenters. The molecule has 0 unspecified atom stereocenters. The van der Waals surface area contributed by atoms with Gasteiger partial charge in [-0.25, -0.2) is 4.79 Å². The van der Waals surface area contributed by atoms with Crippen molar-refractivity contribution in [3.05, 3.63) is 34.5 Å². The first-order chi connectivity index (χ1) is 10.5. The highest BCUT2D eigenvalue weighted by atomic mass is 35.5. The Kier molecular flexibility index (Phi) is 4.02. The highest BCUT2D eigenvalue weighted by Crippen LogP contribution is 2.30. The molecule has 116 valence electrons. The molecule has 0 radical (unpaired) electrons. The Morgan fingerprint density at radius 1 is 1.32 bits per heavy atom. The molecule has 1 aromatic heterocycles. The Morgan fingerprint density at radius 3 is 2.82 bits per heavy atom. The second-order valence-electron chi connectivity index (χ2n) is 5.76. The number of carbonyl (C=O) groups is 1. The minimum atomic E-state index is -0.360. The number of aryl methyl sites for hydroxylation is 2. The van der Waals surface area contributed by atoms with E-state index in [9.17, 15) is 4.79 Å². The third kappa shape index (κ3) is 3.57. The van der Waals surface area contributed by atoms with Crippen LogP contribution in [0.25, 0.3) is 0 Å². The van der Waals surface area contributed by atoms with E-state index in [1.54, 1.807) is 16.9 Å². The first-order valence-electron chi connectivity index (χ1n) is 7.26. The number of nitrogens with one attached hydrogen (secondary N) is 2. The molecular weight excluding hydrogens is 302 g/mol. The summed E-state index contributed by atoms with van der Waals surface area (Å²) in [6, 6.07) is 3.32. The number of hydrogen-bond donors (Lipinski definition) is 2. The van der Waals surface area contributed by atoms with Gasteiger partial charge in [-0.2, -0.15) is 0 Å². The fraction of sp³-hybridized carbons (Fsp3) is 0.400. The van der Waals surface area contributed by atoms with Crippen LogP contribution in [0.4, 0.5) is 16.3 Å². The van der Waals surface area contributed by atoms with Gasteiger partial charge in [0.25, 0.3) is 0 Å². The van der Waals surface area contributed by atoms with Gasteiger partial charge in [-0.3, -0.25) is 10.00 Å². The molecule has 22 heavy (non-hydrogen) atoms. The van der Waals surface area contributed by atoms with Crippen LogP contribution in [-0.2, 0) is 6.54 Å². The summed E-state index contributed by atoms with van der Waals surface area (Å²) in [6.07, 6.45) is 4.24. The number of anilines is 2. The maximum absolute atomic E-state index is 12.0. The fourth-order valence-electron chi connectivity index (χ4n) is 2.24. The summed E-state index contributed by atoms with van der Waals surface area (Å²) >= 11 is 6.09. The van der Waals surface area contributed by atoms with Gasteiger partial charge >= 0.3 is 6.03 Å². The van der Waals surface area contributed by atoms with Crippen LogP contribution in [0.15, 0.2) is 18.3 Å². The second kappa shape index (κ2) is 5.96. The maximum atomic E-state index is 12.0. The van der Waals surface area contributed by atoms with Crippen LogP contribution in [-0.4, -0.2) is 21.0 Å². The minimum Gasteiger partial charge on any atom is -0.307 e. The molecule has 1 aliphatic carbocycles. The number of urea groups is 1. The third-order valence-corrected chi connectivity index (χ3v) is 4.08. The van der Waals surface area contributed by atoms with Gasteiger partial charge in [0.1, 0.15) is 0 Å². The predicted octanol–water partition coefficient (Wildman–Crippen LogP) is 3.60. The SMILES string of the molecule is Cc1cc(C)c(NC(=O)Nc2cn(CC3CC3)nn2)cc1Cl. The van der Waals surface area contributed by atoms with Crippen molar-refractivity contribution in [3.63, 3.8) is 0 Å². The summed E-state index contributed by atoms with van der Waals surface area (Å²) in [6.45, 7) is 4.71. The quantitative estimate of drug-likeness (QED) is 0.904. The summed E-state index contributed by atoms with van der Waals surface area (Å²) in [5, 5.41) is 14.0. The largest absolute Gasteiger partial charge is 0.324 e. The van der Waals surface area contributed by atoms with Crippen LogP contribution in [0.3, 0.4) is 0 Å². The lowest BCUT2D eigenvalue weighted by Gasteiger charge is -2.10. The van der Waals surface area contributed by atoms with E-state index in [-0.39, 0.29) is 6.03 Å². The number of rotatable bonds is 4. The number of amides is 2. The van der Waals surface area contributed by atoms with Crippen molar-refractivity contribution in [1.82, 2.24) is 15.0 Å². The molecule has 0 aliphatic heterocycles. The second-order valence-corrected chi connectivity index (χ2v) is 6.17. The summed E-state index contributed by atoms with van der Waals surface area (Å²) in [7, 11) is 0. The molecule has 1 saturated carbocycles. The summed E-state index contributed by atoms with van der Waals surface area (Å²) in [4.78, 5) is 12.0. The first kappa shape index (κ1) is 14.8. The Labute approximate surface area is 133 Å². The number of benzene rings is 1. The highest BCUT2D eigenvalue weighted by Gasteiger charge is 2.22. The van der Waals surface area contributed by atoms with Gasteiger partial charge in [0.05, 0.1) is 6.20 Å². The summed E-state index contributed by atoms with van der Waals surface area (Å²) in [5.74, 6) is 1.15. The normalized spacial score (nSPS) is 14.0. The lowest BCUT2D eigenvalue weighted by Crippen LogP contribution is -2.20. The average molecular weight is 320 g/mol. The van der Waals surface area contributed by atoms with Crippen LogP contribution in [0.5, 0.6) is 0 Å². The molecule has 2 N–H and O–H groups in total. The average Bonchev–Trinajstić information content (AvgIpc) is 3.15. The monoisotopic (exact) mass is 319 g/mol. The van der Waals surface area contributed by atoms with Crippen molar-refractivity contribution in [2.75, 3.05) is 10.6 Å². The molecule has 1 fully saturated rings. The fourth-order valence-corrected chi connectivity index (χ4v) is 2.40. The highest BCUT2D eigenvalue weighted by molar-refractivity contribution is 6.31. The minimum absolute atomic E-state index is 0.360. The Bertz CT molecular complexity index is 708. The van der Waals surface area contributed by atoms with Gasteiger partial charge in [-0.05, 0) is 49.8 Å². The topological polar surface area (TPSA) is 71.8 Å². The van der Waals surface area contributed by atoms with Crippen LogP contribution < -0.4 is 10.6 Å². The van der Waals surface area contributed by atoms with E-state index in [4.69, 9.17) is 11.6 Å². The van der Waals surface area contributed by atoms with Crippen LogP contribution in [0.1, 0.15) is 24.0 Å². The molecule has 2 aromatic rings. The van der Waals surface area contributed by atoms with Gasteiger partial charge in [0, 0.05) is 17.3 Å². The number of halogens is 1. The number of carbonyl (C=O) groups excluding carboxylic acids is 1. The van der Waals surface area contributed by atoms with Crippen LogP contribution in [0, 0.1) is 19.8 Å². The van der Waals surface area contributed by atoms with E-state index >= 15 is 0 Å². The van der Waals surface area contributed by atoms with Gasteiger partial charge in [-0.15, -0.1) is 5.10 Å². The van der Waals surface area contributed by atoms with E-state index in [1.807, 2.05) is 19.9 Å². The summed E-state index contributed by atoms with van der Waals surface area (Å²) < 4.78 is 1.77. The van der Waals surface area contributed by atoms with Crippen LogP contribution >= 0.6 is 11.6 Å². The molecule has 1 heterocycles. The van der Waals surface area contributed by atoms with Crippen molar-refractivity contribution >= 4 is 29.1 Å². The lowest BCUT2D eigenvalue weighted by atomic mass is 10.1. The molecule has 3 rings (SSSR count). The molecule has 1 aliphatic rings. The molecule has 0 saturated heterocycles. The zero-order chi connectivity index (χ0) is 15.7. The Hall–Kier alpha value is -2.08. The number of hydrogen-bond acceptors (Lipinski definition) is 3. The Morgan fingerprint density at radius 2 is 2.09 bits per heavy atom. The molecule has 0 bridgehead atoms. The molecule has 2 amide bonds. The van der Waals surface area contributed by atoms with Gasteiger partial charge in [0.15, 0.2) is 5.82 Å². The predicted molar refractivity (Wildman–Crippen MR) is 86.3 cm³/mol. The zero-order valence-corrected chi connectivity index (χ0v) is 13.3. The van der Waals surface area contributed by atoms with E-state index < -0.39 is 0 Å². The van der Waals surface area contributed by atoms with Gasteiger partial charge in [-0.1, -0.05) is 22.9 Å². The molecule has 6 nitrogen and oxygen atoms in total. The maximum Gasteiger partial charge on any atom is 0.324 e. The van der Waals surface area contributed by atoms with E-state index in [2.05, 4.69) is 20.9 Å². The zero-order valence-electron chi connectivity index (χ0n) is 12.6. The van der Waals surface area contributed by atoms with Crippen molar-refractivity contribution in [1.29, 1.82) is 0 Å². The van der Waals surface area contributed by atoms with Crippen molar-refractivity contribution in [3.8, 4) is 0 Å². The summed E-state index contributed by atoms with van der Waals surface area (Å²) in [5.41, 5.74) is 2.61. The van der Waals surface area contributed by atoms with Crippen molar-refractivity contribution < 1.29 is 4.79 Å². The first-order valence-corrected chi connectivity index (χ1v) is 7.64. The standard InChI is InChI=1S/C15H18ClN5O/c1-9-5-10(2)13(6-12(9)16)17-15(22)18-14-8-21(20-19-14)7-11-3-4-11/h5-6,8,11H,3-4,7H2,1-2H3,(H2,17,18,22). The van der Waals surface area contributed by atoms with E-state index in [0.717, 1.165) is 17.7 Å². The van der Waals surface area contributed by atoms with E-state index in [1.165, 1.54) is 12.8 Å². The van der Waals surface area contributed by atoms with Crippen LogP contribution in [0.2, 0.25) is 5.02 Å². The Balaban J connectivity index is 1.62. The smallest absolute Gasteiger partial charge is 0.307 e. The molecule has 0 spiro atoms. The number of nitrogens with zero attached hydrogens (tertiary/aromatic N) is 3. The molecule has 7 heteroatoms. The molecular formula is C15H18ClN5O. The van der Waals surface area contributed by atoms with Gasteiger partial charge in [0.2, 0.25) is 0 Å².